The number of pyridine rings is 1. The first-order chi connectivity index (χ1) is 23.0. The van der Waals surface area contributed by atoms with E-state index in [2.05, 4.69) is 26.9 Å². The number of rotatable bonds is 9. The molecule has 0 saturated carbocycles. The summed E-state index contributed by atoms with van der Waals surface area (Å²) in [6, 6.07) is 13.3. The third kappa shape index (κ3) is 9.49. The van der Waals surface area contributed by atoms with E-state index in [0.29, 0.717) is 52.4 Å². The van der Waals surface area contributed by atoms with E-state index in [-0.39, 0.29) is 29.6 Å². The van der Waals surface area contributed by atoms with E-state index in [4.69, 9.17) is 14.5 Å². The summed E-state index contributed by atoms with van der Waals surface area (Å²) in [6.07, 6.45) is -2.46. The zero-order chi connectivity index (χ0) is 35.6. The zero-order valence-electron chi connectivity index (χ0n) is 27.8. The maximum atomic E-state index is 12.8. The number of piperidine rings is 1. The Bertz CT molecular complexity index is 1930. The standard InChI is InChI=1S/C34H39F3N6O5S/c1-21-18-23(20-43(19-21)32(44)48-33(3,4)5)40-31-39-16-13-27(41-31)26-9-7-15-38-30(26)47-29-22(2)11-12-24-25(29)8-6-10-28(24)42-49(45,46)17-14-34(35,36)37/h6-13,15-16,21,23,42H,14,17-20H2,1-5H3,(H,39,40,41)/t21-,23+/m1/s1. The van der Waals surface area contributed by atoms with Crippen molar-refractivity contribution in [1.29, 1.82) is 0 Å². The van der Waals surface area contributed by atoms with Crippen LogP contribution in [-0.2, 0) is 14.8 Å². The molecule has 11 nitrogen and oxygen atoms in total. The van der Waals surface area contributed by atoms with Crippen molar-refractivity contribution >= 4 is 38.5 Å². The van der Waals surface area contributed by atoms with Crippen molar-refractivity contribution in [3.05, 3.63) is 66.5 Å². The zero-order valence-corrected chi connectivity index (χ0v) is 28.7. The fourth-order valence-corrected chi connectivity index (χ4v) is 6.70. The van der Waals surface area contributed by atoms with Crippen molar-refractivity contribution < 1.29 is 35.9 Å². The summed E-state index contributed by atoms with van der Waals surface area (Å²) < 4.78 is 77.4. The molecular weight excluding hydrogens is 661 g/mol. The molecule has 2 N–H and O–H groups in total. The lowest BCUT2D eigenvalue weighted by molar-refractivity contribution is -0.129. The Balaban J connectivity index is 1.39. The number of amides is 1. The molecule has 2 atom stereocenters. The number of aromatic nitrogens is 3. The summed E-state index contributed by atoms with van der Waals surface area (Å²) in [5.74, 6) is 0.0944. The highest BCUT2D eigenvalue weighted by molar-refractivity contribution is 7.92. The van der Waals surface area contributed by atoms with Gasteiger partial charge in [-0.05, 0) is 69.9 Å². The molecule has 1 aliphatic rings. The minimum Gasteiger partial charge on any atom is -0.444 e. The second kappa shape index (κ2) is 14.1. The minimum atomic E-state index is -4.61. The average molecular weight is 701 g/mol. The number of hydrogen-bond acceptors (Lipinski definition) is 9. The van der Waals surface area contributed by atoms with E-state index >= 15 is 0 Å². The Morgan fingerprint density at radius 2 is 1.78 bits per heavy atom. The first-order valence-electron chi connectivity index (χ1n) is 15.8. The lowest BCUT2D eigenvalue weighted by atomic mass is 9.96. The molecular formula is C34H39F3N6O5S. The van der Waals surface area contributed by atoms with Gasteiger partial charge < -0.3 is 19.7 Å². The highest BCUT2D eigenvalue weighted by atomic mass is 32.2. The lowest BCUT2D eigenvalue weighted by Gasteiger charge is -2.37. The lowest BCUT2D eigenvalue weighted by Crippen LogP contribution is -2.49. The normalized spacial score (nSPS) is 17.1. The van der Waals surface area contributed by atoms with Crippen LogP contribution in [0.25, 0.3) is 22.0 Å². The maximum absolute atomic E-state index is 12.8. The van der Waals surface area contributed by atoms with Crippen LogP contribution in [0, 0.1) is 12.8 Å². The first kappa shape index (κ1) is 35.6. The molecule has 0 spiro atoms. The van der Waals surface area contributed by atoms with Crippen LogP contribution in [0.5, 0.6) is 11.6 Å². The summed E-state index contributed by atoms with van der Waals surface area (Å²) >= 11 is 0. The van der Waals surface area contributed by atoms with Crippen molar-refractivity contribution in [3.63, 3.8) is 0 Å². The molecule has 2 aromatic carbocycles. The number of sulfonamides is 1. The van der Waals surface area contributed by atoms with Crippen molar-refractivity contribution in [2.24, 2.45) is 5.92 Å². The quantitative estimate of drug-likeness (QED) is 0.182. The molecule has 4 aromatic rings. The van der Waals surface area contributed by atoms with Gasteiger partial charge in [0.15, 0.2) is 0 Å². The number of anilines is 2. The summed E-state index contributed by atoms with van der Waals surface area (Å²) in [5.41, 5.74) is 1.31. The van der Waals surface area contributed by atoms with E-state index in [1.807, 2.05) is 27.7 Å². The molecule has 5 rings (SSSR count). The summed E-state index contributed by atoms with van der Waals surface area (Å²) in [7, 11) is -4.29. The van der Waals surface area contributed by atoms with Gasteiger partial charge in [0.1, 0.15) is 11.4 Å². The summed E-state index contributed by atoms with van der Waals surface area (Å²) in [4.78, 5) is 28.1. The fraction of sp³-hybridized carbons (Fsp3) is 0.412. The molecule has 15 heteroatoms. The van der Waals surface area contributed by atoms with E-state index < -0.39 is 34.0 Å². The molecule has 1 fully saturated rings. The Labute approximate surface area is 283 Å². The van der Waals surface area contributed by atoms with Gasteiger partial charge in [-0.3, -0.25) is 4.72 Å². The largest absolute Gasteiger partial charge is 0.444 e. The number of carbonyl (C=O) groups is 1. The average Bonchev–Trinajstić information content (AvgIpc) is 3.00. The molecule has 3 heterocycles. The molecule has 0 unspecified atom stereocenters. The van der Waals surface area contributed by atoms with Crippen LogP contribution in [0.2, 0.25) is 0 Å². The van der Waals surface area contributed by atoms with E-state index in [1.165, 1.54) is 6.07 Å². The maximum Gasteiger partial charge on any atom is 0.410 e. The highest BCUT2D eigenvalue weighted by Crippen LogP contribution is 2.39. The summed E-state index contributed by atoms with van der Waals surface area (Å²) in [5, 5.41) is 4.33. The van der Waals surface area contributed by atoms with Crippen molar-refractivity contribution in [2.45, 2.75) is 65.3 Å². The number of halogens is 3. The van der Waals surface area contributed by atoms with Crippen LogP contribution in [-0.4, -0.2) is 71.0 Å². The van der Waals surface area contributed by atoms with Crippen molar-refractivity contribution in [2.75, 3.05) is 28.9 Å². The highest BCUT2D eigenvalue weighted by Gasteiger charge is 2.32. The number of alkyl halides is 3. The number of likely N-dealkylation sites (tertiary alicyclic amines) is 1. The van der Waals surface area contributed by atoms with Gasteiger partial charge in [0.2, 0.25) is 21.9 Å². The molecule has 0 aliphatic carbocycles. The Hall–Kier alpha value is -4.66. The van der Waals surface area contributed by atoms with Crippen LogP contribution in [0.4, 0.5) is 29.6 Å². The number of benzene rings is 2. The molecule has 1 aliphatic heterocycles. The first-order valence-corrected chi connectivity index (χ1v) is 17.4. The van der Waals surface area contributed by atoms with Gasteiger partial charge >= 0.3 is 12.3 Å². The Kier molecular flexibility index (Phi) is 10.2. The number of carbonyl (C=O) groups excluding carboxylic acids is 1. The third-order valence-electron chi connectivity index (χ3n) is 7.67. The molecule has 262 valence electrons. The van der Waals surface area contributed by atoms with Gasteiger partial charge in [-0.1, -0.05) is 31.2 Å². The van der Waals surface area contributed by atoms with Gasteiger partial charge in [-0.2, -0.15) is 13.2 Å². The van der Waals surface area contributed by atoms with Gasteiger partial charge in [0.25, 0.3) is 0 Å². The van der Waals surface area contributed by atoms with Crippen LogP contribution in [0.15, 0.2) is 60.9 Å². The van der Waals surface area contributed by atoms with E-state index in [1.54, 1.807) is 59.8 Å². The second-order valence-corrected chi connectivity index (χ2v) is 15.0. The number of aryl methyl sites for hydroxylation is 1. The molecule has 0 radical (unpaired) electrons. The number of ether oxygens (including phenoxy) is 2. The van der Waals surface area contributed by atoms with Crippen molar-refractivity contribution in [3.8, 4) is 22.9 Å². The van der Waals surface area contributed by atoms with Crippen LogP contribution < -0.4 is 14.8 Å². The van der Waals surface area contributed by atoms with Gasteiger partial charge in [0.05, 0.1) is 29.1 Å². The molecule has 49 heavy (non-hydrogen) atoms. The van der Waals surface area contributed by atoms with Crippen LogP contribution in [0.3, 0.4) is 0 Å². The fourth-order valence-electron chi connectivity index (χ4n) is 5.59. The van der Waals surface area contributed by atoms with Crippen LogP contribution >= 0.6 is 0 Å². The van der Waals surface area contributed by atoms with Gasteiger partial charge in [-0.25, -0.2) is 28.2 Å². The van der Waals surface area contributed by atoms with Gasteiger partial charge in [-0.15, -0.1) is 0 Å². The topological polar surface area (TPSA) is 136 Å². The molecule has 1 amide bonds. The second-order valence-electron chi connectivity index (χ2n) is 13.2. The third-order valence-corrected chi connectivity index (χ3v) is 8.95. The number of fused-ring (bicyclic) bond motifs is 1. The summed E-state index contributed by atoms with van der Waals surface area (Å²) in [6.45, 7) is 10.4. The number of nitrogens with one attached hydrogen (secondary N) is 2. The van der Waals surface area contributed by atoms with Crippen LogP contribution in [0.1, 0.15) is 46.1 Å². The van der Waals surface area contributed by atoms with E-state index in [9.17, 15) is 26.4 Å². The van der Waals surface area contributed by atoms with Gasteiger partial charge in [0, 0.05) is 42.3 Å². The Morgan fingerprint density at radius 1 is 1.00 bits per heavy atom. The number of hydrogen-bond donors (Lipinski definition) is 2. The SMILES string of the molecule is Cc1ccc2c(NS(=O)(=O)CCC(F)(F)F)cccc2c1Oc1ncccc1-c1ccnc(N[C@H]2C[C@@H](C)CN(C(=O)OC(C)(C)C)C2)n1. The minimum absolute atomic E-state index is 0.116. The number of nitrogens with zero attached hydrogens (tertiary/aromatic N) is 4. The predicted octanol–water partition coefficient (Wildman–Crippen LogP) is 7.54. The predicted molar refractivity (Wildman–Crippen MR) is 181 cm³/mol. The molecule has 1 saturated heterocycles. The molecule has 0 bridgehead atoms. The molecule has 2 aromatic heterocycles. The van der Waals surface area contributed by atoms with Crippen molar-refractivity contribution in [1.82, 2.24) is 19.9 Å². The monoisotopic (exact) mass is 700 g/mol. The van der Waals surface area contributed by atoms with E-state index in [0.717, 1.165) is 6.42 Å². The Morgan fingerprint density at radius 3 is 2.51 bits per heavy atom. The smallest absolute Gasteiger partial charge is 0.410 e.